The van der Waals surface area contributed by atoms with Gasteiger partial charge in [0.25, 0.3) is 11.7 Å². The smallest absolute Gasteiger partial charge is 0.299 e. The Balaban J connectivity index is 1.99. The second-order valence-electron chi connectivity index (χ2n) is 4.60. The van der Waals surface area contributed by atoms with E-state index in [2.05, 4.69) is 4.98 Å². The second kappa shape index (κ2) is 4.28. The maximum absolute atomic E-state index is 12.0. The van der Waals surface area contributed by atoms with Gasteiger partial charge in [-0.2, -0.15) is 0 Å². The van der Waals surface area contributed by atoms with E-state index in [-0.39, 0.29) is 0 Å². The quantitative estimate of drug-likeness (QED) is 0.789. The van der Waals surface area contributed by atoms with E-state index in [1.165, 1.54) is 16.2 Å². The minimum absolute atomic E-state index is 0.352. The first-order chi connectivity index (χ1) is 9.06. The fraction of sp³-hybridized carbons (Fsp3) is 0.214. The number of amides is 1. The first kappa shape index (κ1) is 12.0. The van der Waals surface area contributed by atoms with E-state index >= 15 is 0 Å². The average molecular weight is 272 g/mol. The van der Waals surface area contributed by atoms with Crippen molar-refractivity contribution in [2.45, 2.75) is 20.4 Å². The van der Waals surface area contributed by atoms with Crippen molar-refractivity contribution in [2.24, 2.45) is 0 Å². The number of hydrogen-bond donors (Lipinski definition) is 0. The molecule has 0 atom stereocenters. The summed E-state index contributed by atoms with van der Waals surface area (Å²) in [6, 6.07) is 5.50. The van der Waals surface area contributed by atoms with Crippen molar-refractivity contribution < 1.29 is 9.59 Å². The molecule has 0 spiro atoms. The highest BCUT2D eigenvalue weighted by Crippen LogP contribution is 2.31. The molecule has 4 nitrogen and oxygen atoms in total. The molecule has 2 aromatic rings. The highest BCUT2D eigenvalue weighted by Gasteiger charge is 2.35. The van der Waals surface area contributed by atoms with Gasteiger partial charge >= 0.3 is 0 Å². The van der Waals surface area contributed by atoms with Crippen molar-refractivity contribution in [3.63, 3.8) is 0 Å². The molecule has 1 aliphatic rings. The molecule has 0 unspecified atom stereocenters. The average Bonchev–Trinajstić information content (AvgIpc) is 2.88. The lowest BCUT2D eigenvalue weighted by Crippen LogP contribution is -2.29. The Morgan fingerprint density at radius 2 is 2.05 bits per heavy atom. The van der Waals surface area contributed by atoms with Crippen LogP contribution >= 0.6 is 11.3 Å². The SMILES string of the molecule is Cc1ccc2c(c1)C(=O)C(=O)N2Cc1csc(C)n1. The van der Waals surface area contributed by atoms with Crippen LogP contribution in [0.5, 0.6) is 0 Å². The standard InChI is InChI=1S/C14H12N2O2S/c1-8-3-4-12-11(5-8)13(17)14(18)16(12)6-10-7-19-9(2)15-10/h3-5,7H,6H2,1-2H3. The van der Waals surface area contributed by atoms with Gasteiger partial charge in [0.2, 0.25) is 0 Å². The van der Waals surface area contributed by atoms with Gasteiger partial charge < -0.3 is 0 Å². The molecule has 0 N–H and O–H groups in total. The second-order valence-corrected chi connectivity index (χ2v) is 5.66. The number of rotatable bonds is 2. The molecule has 5 heteroatoms. The minimum atomic E-state index is -0.466. The fourth-order valence-corrected chi connectivity index (χ4v) is 2.82. The van der Waals surface area contributed by atoms with Crippen molar-refractivity contribution >= 4 is 28.7 Å². The zero-order valence-corrected chi connectivity index (χ0v) is 11.5. The Labute approximate surface area is 114 Å². The predicted molar refractivity (Wildman–Crippen MR) is 73.6 cm³/mol. The van der Waals surface area contributed by atoms with E-state index in [0.717, 1.165) is 16.3 Å². The van der Waals surface area contributed by atoms with Gasteiger partial charge in [-0.3, -0.25) is 14.5 Å². The van der Waals surface area contributed by atoms with Crippen molar-refractivity contribution in [1.29, 1.82) is 0 Å². The van der Waals surface area contributed by atoms with E-state index in [9.17, 15) is 9.59 Å². The number of fused-ring (bicyclic) bond motifs is 1. The van der Waals surface area contributed by atoms with E-state index in [4.69, 9.17) is 0 Å². The van der Waals surface area contributed by atoms with Crippen LogP contribution in [0, 0.1) is 13.8 Å². The Morgan fingerprint density at radius 3 is 2.74 bits per heavy atom. The van der Waals surface area contributed by atoms with Crippen LogP contribution in [0.1, 0.15) is 26.6 Å². The van der Waals surface area contributed by atoms with E-state index < -0.39 is 11.7 Å². The monoisotopic (exact) mass is 272 g/mol. The van der Waals surface area contributed by atoms with E-state index in [0.29, 0.717) is 17.8 Å². The normalized spacial score (nSPS) is 14.1. The summed E-state index contributed by atoms with van der Waals surface area (Å²) < 4.78 is 0. The van der Waals surface area contributed by atoms with Crippen molar-refractivity contribution in [1.82, 2.24) is 4.98 Å². The Bertz CT molecular complexity index is 691. The van der Waals surface area contributed by atoms with Crippen LogP contribution < -0.4 is 4.90 Å². The molecule has 0 aliphatic carbocycles. The Morgan fingerprint density at radius 1 is 1.26 bits per heavy atom. The first-order valence-electron chi connectivity index (χ1n) is 5.94. The number of hydrogen-bond acceptors (Lipinski definition) is 4. The third kappa shape index (κ3) is 1.96. The van der Waals surface area contributed by atoms with Crippen LogP contribution in [-0.4, -0.2) is 16.7 Å². The molecule has 0 bridgehead atoms. The lowest BCUT2D eigenvalue weighted by molar-refractivity contribution is -0.114. The molecule has 96 valence electrons. The zero-order chi connectivity index (χ0) is 13.6. The molecule has 1 aromatic heterocycles. The van der Waals surface area contributed by atoms with Crippen molar-refractivity contribution in [3.05, 3.63) is 45.4 Å². The van der Waals surface area contributed by atoms with Crippen LogP contribution in [0.3, 0.4) is 0 Å². The number of carbonyl (C=O) groups is 2. The van der Waals surface area contributed by atoms with Crippen molar-refractivity contribution in [2.75, 3.05) is 4.90 Å². The van der Waals surface area contributed by atoms with Gasteiger partial charge in [0.05, 0.1) is 28.5 Å². The van der Waals surface area contributed by atoms with Gasteiger partial charge in [-0.25, -0.2) is 4.98 Å². The molecular weight excluding hydrogens is 260 g/mol. The lowest BCUT2D eigenvalue weighted by Gasteiger charge is -2.14. The lowest BCUT2D eigenvalue weighted by atomic mass is 10.1. The summed E-state index contributed by atoms with van der Waals surface area (Å²) in [7, 11) is 0. The number of aryl methyl sites for hydroxylation is 2. The first-order valence-corrected chi connectivity index (χ1v) is 6.82. The summed E-state index contributed by atoms with van der Waals surface area (Å²) in [5, 5.41) is 2.87. The number of ketones is 1. The Kier molecular flexibility index (Phi) is 2.71. The van der Waals surface area contributed by atoms with Gasteiger partial charge in [-0.15, -0.1) is 11.3 Å². The van der Waals surface area contributed by atoms with Crippen LogP contribution in [-0.2, 0) is 11.3 Å². The summed E-state index contributed by atoms with van der Waals surface area (Å²) in [5.41, 5.74) is 2.98. The predicted octanol–water partition coefficient (Wildman–Crippen LogP) is 2.49. The summed E-state index contributed by atoms with van der Waals surface area (Å²) in [5.74, 6) is -0.892. The molecule has 1 aromatic carbocycles. The van der Waals surface area contributed by atoms with Crippen LogP contribution in [0.4, 0.5) is 5.69 Å². The maximum atomic E-state index is 12.0. The summed E-state index contributed by atoms with van der Waals surface area (Å²) in [6.45, 7) is 4.18. The molecule has 19 heavy (non-hydrogen) atoms. The third-order valence-corrected chi connectivity index (χ3v) is 3.94. The van der Waals surface area contributed by atoms with Crippen molar-refractivity contribution in [3.8, 4) is 0 Å². The van der Waals surface area contributed by atoms with Crippen LogP contribution in [0.2, 0.25) is 0 Å². The van der Waals surface area contributed by atoms with Crippen LogP contribution in [0.25, 0.3) is 0 Å². The van der Waals surface area contributed by atoms with Crippen LogP contribution in [0.15, 0.2) is 23.6 Å². The topological polar surface area (TPSA) is 50.3 Å². The van der Waals surface area contributed by atoms with Gasteiger partial charge in [0, 0.05) is 5.38 Å². The number of carbonyl (C=O) groups excluding carboxylic acids is 2. The van der Waals surface area contributed by atoms with Gasteiger partial charge in [0.15, 0.2) is 0 Å². The molecule has 0 saturated carbocycles. The molecule has 0 fully saturated rings. The highest BCUT2D eigenvalue weighted by molar-refractivity contribution is 7.09. The third-order valence-electron chi connectivity index (χ3n) is 3.11. The van der Waals surface area contributed by atoms with E-state index in [1.807, 2.05) is 31.4 Å². The van der Waals surface area contributed by atoms with E-state index in [1.54, 1.807) is 6.07 Å². The molecule has 3 rings (SSSR count). The van der Waals surface area contributed by atoms with Gasteiger partial charge in [-0.1, -0.05) is 11.6 Å². The van der Waals surface area contributed by atoms with Gasteiger partial charge in [0.1, 0.15) is 0 Å². The number of aromatic nitrogens is 1. The molecule has 1 aliphatic heterocycles. The highest BCUT2D eigenvalue weighted by atomic mass is 32.1. The molecule has 2 heterocycles. The number of benzene rings is 1. The Hall–Kier alpha value is -2.01. The molecule has 0 saturated heterocycles. The molecule has 1 amide bonds. The largest absolute Gasteiger partial charge is 0.299 e. The summed E-state index contributed by atoms with van der Waals surface area (Å²) >= 11 is 1.54. The summed E-state index contributed by atoms with van der Waals surface area (Å²) in [6.07, 6.45) is 0. The molecular formula is C14H12N2O2S. The minimum Gasteiger partial charge on any atom is -0.299 e. The summed E-state index contributed by atoms with van der Waals surface area (Å²) in [4.78, 5) is 29.8. The van der Waals surface area contributed by atoms with Gasteiger partial charge in [-0.05, 0) is 26.0 Å². The number of thiazole rings is 1. The maximum Gasteiger partial charge on any atom is 0.299 e. The fourth-order valence-electron chi connectivity index (χ4n) is 2.21. The number of anilines is 1. The number of Topliss-reactive ketones (excluding diaryl/α,β-unsaturated/α-hetero) is 1. The molecule has 0 radical (unpaired) electrons. The number of nitrogens with zero attached hydrogens (tertiary/aromatic N) is 2. The zero-order valence-electron chi connectivity index (χ0n) is 10.6.